The first-order valence-corrected chi connectivity index (χ1v) is 7.48. The van der Waals surface area contributed by atoms with E-state index in [1.54, 1.807) is 23.0 Å². The van der Waals surface area contributed by atoms with Gasteiger partial charge >= 0.3 is 0 Å². The number of halogens is 3. The van der Waals surface area contributed by atoms with Gasteiger partial charge in [0.25, 0.3) is 0 Å². The summed E-state index contributed by atoms with van der Waals surface area (Å²) < 4.78 is 16.3. The second-order valence-electron chi connectivity index (χ2n) is 4.15. The molecule has 19 heavy (non-hydrogen) atoms. The maximum absolute atomic E-state index is 13.5. The van der Waals surface area contributed by atoms with Crippen molar-refractivity contribution in [1.29, 1.82) is 0 Å². The molecule has 102 valence electrons. The molecule has 0 spiro atoms. The summed E-state index contributed by atoms with van der Waals surface area (Å²) in [5.41, 5.74) is 1.12. The van der Waals surface area contributed by atoms with Crippen molar-refractivity contribution in [2.75, 3.05) is 0 Å². The van der Waals surface area contributed by atoms with E-state index >= 15 is 0 Å². The number of aromatic nitrogens is 2. The van der Waals surface area contributed by atoms with E-state index < -0.39 is 11.9 Å². The van der Waals surface area contributed by atoms with E-state index in [9.17, 15) is 9.50 Å². The van der Waals surface area contributed by atoms with Crippen LogP contribution in [0.25, 0.3) is 0 Å². The minimum atomic E-state index is -0.937. The van der Waals surface area contributed by atoms with Gasteiger partial charge in [0.15, 0.2) is 0 Å². The van der Waals surface area contributed by atoms with Crippen LogP contribution in [0.15, 0.2) is 33.3 Å². The quantitative estimate of drug-likeness (QED) is 0.853. The van der Waals surface area contributed by atoms with Crippen molar-refractivity contribution >= 4 is 31.9 Å². The zero-order chi connectivity index (χ0) is 14.0. The first-order valence-electron chi connectivity index (χ1n) is 5.89. The molecule has 1 aromatic carbocycles. The van der Waals surface area contributed by atoms with Crippen molar-refractivity contribution in [2.24, 2.45) is 0 Å². The Morgan fingerprint density at radius 1 is 1.42 bits per heavy atom. The van der Waals surface area contributed by atoms with Crippen molar-refractivity contribution in [2.45, 2.75) is 26.0 Å². The number of hydrogen-bond acceptors (Lipinski definition) is 2. The van der Waals surface area contributed by atoms with Crippen LogP contribution >= 0.6 is 31.9 Å². The van der Waals surface area contributed by atoms with Gasteiger partial charge in [0.05, 0.1) is 20.8 Å². The SMILES string of the molecule is CCCn1ncc(Br)c1C(O)c1cccc(F)c1Br. The molecule has 0 radical (unpaired) electrons. The third-order valence-corrected chi connectivity index (χ3v) is 4.25. The maximum atomic E-state index is 13.5. The monoisotopic (exact) mass is 390 g/mol. The summed E-state index contributed by atoms with van der Waals surface area (Å²) in [6.45, 7) is 2.73. The highest BCUT2D eigenvalue weighted by Gasteiger charge is 2.22. The fraction of sp³-hybridized carbons (Fsp3) is 0.308. The van der Waals surface area contributed by atoms with Crippen LogP contribution in [0.5, 0.6) is 0 Å². The van der Waals surface area contributed by atoms with Gasteiger partial charge in [-0.25, -0.2) is 4.39 Å². The number of rotatable bonds is 4. The fourth-order valence-electron chi connectivity index (χ4n) is 1.91. The van der Waals surface area contributed by atoms with Gasteiger partial charge in [-0.1, -0.05) is 19.1 Å². The van der Waals surface area contributed by atoms with Crippen LogP contribution in [0.3, 0.4) is 0 Å². The Morgan fingerprint density at radius 3 is 2.84 bits per heavy atom. The molecular weight excluding hydrogens is 379 g/mol. The van der Waals surface area contributed by atoms with Gasteiger partial charge in [-0.05, 0) is 44.3 Å². The zero-order valence-corrected chi connectivity index (χ0v) is 13.4. The highest BCUT2D eigenvalue weighted by molar-refractivity contribution is 9.10. The summed E-state index contributed by atoms with van der Waals surface area (Å²) in [4.78, 5) is 0. The lowest BCUT2D eigenvalue weighted by atomic mass is 10.1. The highest BCUT2D eigenvalue weighted by Crippen LogP contribution is 2.33. The Balaban J connectivity index is 2.46. The van der Waals surface area contributed by atoms with E-state index in [0.29, 0.717) is 22.3 Å². The molecule has 0 amide bonds. The molecule has 0 fully saturated rings. The van der Waals surface area contributed by atoms with E-state index in [1.807, 2.05) is 6.92 Å². The third kappa shape index (κ3) is 2.90. The molecule has 0 aliphatic carbocycles. The van der Waals surface area contributed by atoms with Gasteiger partial charge < -0.3 is 5.11 Å². The average Bonchev–Trinajstić information content (AvgIpc) is 2.74. The van der Waals surface area contributed by atoms with Crippen molar-refractivity contribution in [1.82, 2.24) is 9.78 Å². The van der Waals surface area contributed by atoms with Gasteiger partial charge in [0, 0.05) is 12.1 Å². The normalized spacial score (nSPS) is 12.7. The summed E-state index contributed by atoms with van der Waals surface area (Å²) in [5, 5.41) is 14.7. The van der Waals surface area contributed by atoms with Crippen molar-refractivity contribution in [3.05, 3.63) is 50.4 Å². The molecule has 1 N–H and O–H groups in total. The van der Waals surface area contributed by atoms with E-state index in [0.717, 1.165) is 6.42 Å². The molecule has 0 saturated heterocycles. The van der Waals surface area contributed by atoms with E-state index in [1.165, 1.54) is 6.07 Å². The van der Waals surface area contributed by atoms with Gasteiger partial charge in [-0.2, -0.15) is 5.10 Å². The standard InChI is InChI=1S/C13H13Br2FN2O/c1-2-6-18-12(9(14)7-17-18)13(19)8-4-3-5-10(16)11(8)15/h3-5,7,13,19H,2,6H2,1H3. The molecule has 0 aliphatic heterocycles. The highest BCUT2D eigenvalue weighted by atomic mass is 79.9. The molecule has 6 heteroatoms. The molecule has 0 bridgehead atoms. The smallest absolute Gasteiger partial charge is 0.137 e. The molecular formula is C13H13Br2FN2O. The van der Waals surface area contributed by atoms with Crippen LogP contribution in [0, 0.1) is 5.82 Å². The molecule has 0 saturated carbocycles. The molecule has 1 unspecified atom stereocenters. The molecule has 3 nitrogen and oxygen atoms in total. The molecule has 1 atom stereocenters. The van der Waals surface area contributed by atoms with Crippen LogP contribution in [-0.4, -0.2) is 14.9 Å². The maximum Gasteiger partial charge on any atom is 0.137 e. The van der Waals surface area contributed by atoms with Crippen molar-refractivity contribution in [3.8, 4) is 0 Å². The van der Waals surface area contributed by atoms with Crippen LogP contribution in [0.2, 0.25) is 0 Å². The molecule has 2 rings (SSSR count). The summed E-state index contributed by atoms with van der Waals surface area (Å²) >= 11 is 6.55. The number of aryl methyl sites for hydroxylation is 1. The lowest BCUT2D eigenvalue weighted by Crippen LogP contribution is -2.11. The van der Waals surface area contributed by atoms with Crippen molar-refractivity contribution in [3.63, 3.8) is 0 Å². The Kier molecular flexibility index (Phi) is 4.76. The Labute approximate surface area is 127 Å². The summed E-state index contributed by atoms with van der Waals surface area (Å²) in [7, 11) is 0. The first kappa shape index (κ1) is 14.7. The number of aliphatic hydroxyl groups excluding tert-OH is 1. The van der Waals surface area contributed by atoms with E-state index in [2.05, 4.69) is 37.0 Å². The average molecular weight is 392 g/mol. The predicted molar refractivity (Wildman–Crippen MR) is 78.4 cm³/mol. The summed E-state index contributed by atoms with van der Waals surface area (Å²) in [6, 6.07) is 4.61. The first-order chi connectivity index (χ1) is 9.06. The molecule has 1 heterocycles. The number of hydrogen-bond donors (Lipinski definition) is 1. The summed E-state index contributed by atoms with van der Waals surface area (Å²) in [6.07, 6.45) is 1.60. The molecule has 2 aromatic rings. The fourth-order valence-corrected chi connectivity index (χ4v) is 2.91. The lowest BCUT2D eigenvalue weighted by molar-refractivity contribution is 0.205. The van der Waals surface area contributed by atoms with Gasteiger partial charge in [-0.15, -0.1) is 0 Å². The van der Waals surface area contributed by atoms with Crippen LogP contribution in [0.4, 0.5) is 4.39 Å². The van der Waals surface area contributed by atoms with Gasteiger partial charge in [-0.3, -0.25) is 4.68 Å². The Hall–Kier alpha value is -0.720. The Bertz CT molecular complexity index is 586. The molecule has 0 aliphatic rings. The predicted octanol–water partition coefficient (Wildman–Crippen LogP) is 4.04. The second kappa shape index (κ2) is 6.15. The largest absolute Gasteiger partial charge is 0.382 e. The molecule has 1 aromatic heterocycles. The minimum Gasteiger partial charge on any atom is -0.382 e. The van der Waals surface area contributed by atoms with Gasteiger partial charge in [0.2, 0.25) is 0 Å². The number of benzene rings is 1. The van der Waals surface area contributed by atoms with Crippen LogP contribution < -0.4 is 0 Å². The minimum absolute atomic E-state index is 0.277. The summed E-state index contributed by atoms with van der Waals surface area (Å²) in [5.74, 6) is -0.394. The number of aliphatic hydroxyl groups is 1. The zero-order valence-electron chi connectivity index (χ0n) is 10.3. The second-order valence-corrected chi connectivity index (χ2v) is 5.79. The van der Waals surface area contributed by atoms with Crippen LogP contribution in [-0.2, 0) is 6.54 Å². The van der Waals surface area contributed by atoms with Gasteiger partial charge in [0.1, 0.15) is 11.9 Å². The van der Waals surface area contributed by atoms with E-state index in [4.69, 9.17) is 0 Å². The van der Waals surface area contributed by atoms with E-state index in [-0.39, 0.29) is 4.47 Å². The van der Waals surface area contributed by atoms with Crippen molar-refractivity contribution < 1.29 is 9.50 Å². The van der Waals surface area contributed by atoms with Crippen LogP contribution in [0.1, 0.15) is 30.7 Å². The third-order valence-electron chi connectivity index (χ3n) is 2.80. The topological polar surface area (TPSA) is 38.0 Å². The number of nitrogens with zero attached hydrogens (tertiary/aromatic N) is 2. The lowest BCUT2D eigenvalue weighted by Gasteiger charge is -2.16. The Morgan fingerprint density at radius 2 is 2.16 bits per heavy atom.